The maximum atomic E-state index is 11.5. The van der Waals surface area contributed by atoms with Gasteiger partial charge in [0.2, 0.25) is 0 Å². The van der Waals surface area contributed by atoms with Gasteiger partial charge in [0.1, 0.15) is 0 Å². The number of hydrogen-bond acceptors (Lipinski definition) is 4. The van der Waals surface area contributed by atoms with Crippen molar-refractivity contribution < 1.29 is 13.6 Å². The van der Waals surface area contributed by atoms with Crippen molar-refractivity contribution in [2.45, 2.75) is 26.4 Å². The van der Waals surface area contributed by atoms with Gasteiger partial charge in [0.05, 0.1) is 0 Å². The molecule has 0 atom stereocenters. The van der Waals surface area contributed by atoms with E-state index < -0.39 is 10.2 Å². The number of nitrogens with one attached hydrogen (secondary N) is 2. The minimum Gasteiger partial charge on any atom is -0.409 e. The molecule has 0 aromatic heterocycles. The first-order valence-corrected chi connectivity index (χ1v) is 7.16. The lowest BCUT2D eigenvalue weighted by molar-refractivity contribution is 0.318. The molecule has 7 nitrogen and oxygen atoms in total. The number of amidine groups is 1. The summed E-state index contributed by atoms with van der Waals surface area (Å²) in [5.41, 5.74) is 6.75. The average Bonchev–Trinajstić information content (AvgIpc) is 2.34. The van der Waals surface area contributed by atoms with Crippen molar-refractivity contribution in [1.29, 1.82) is 0 Å². The molecule has 8 heteroatoms. The second-order valence-corrected chi connectivity index (χ2v) is 5.81. The minimum atomic E-state index is -3.50. The second-order valence-electron chi connectivity index (χ2n) is 4.28. The standard InChI is InChI=1S/C11H18N4O3S/c1-8(2)15-19(17,18)13-7-9-3-5-10(6-4-9)11(12)14-16/h3-6,8,13,15-16H,7H2,1-2H3,(H2,12,14). The lowest BCUT2D eigenvalue weighted by Crippen LogP contribution is -2.39. The number of benzene rings is 1. The Morgan fingerprint density at radius 2 is 1.95 bits per heavy atom. The molecule has 0 saturated carbocycles. The van der Waals surface area contributed by atoms with E-state index in [1.165, 1.54) is 0 Å². The highest BCUT2D eigenvalue weighted by Crippen LogP contribution is 2.04. The summed E-state index contributed by atoms with van der Waals surface area (Å²) >= 11 is 0. The van der Waals surface area contributed by atoms with E-state index in [9.17, 15) is 8.42 Å². The number of oxime groups is 1. The molecule has 0 bridgehead atoms. The monoisotopic (exact) mass is 286 g/mol. The molecule has 0 saturated heterocycles. The largest absolute Gasteiger partial charge is 0.409 e. The van der Waals surface area contributed by atoms with Gasteiger partial charge in [0.25, 0.3) is 10.2 Å². The van der Waals surface area contributed by atoms with Crippen molar-refractivity contribution in [3.63, 3.8) is 0 Å². The van der Waals surface area contributed by atoms with Gasteiger partial charge in [-0.3, -0.25) is 0 Å². The molecule has 0 radical (unpaired) electrons. The molecular weight excluding hydrogens is 268 g/mol. The summed E-state index contributed by atoms with van der Waals surface area (Å²) in [7, 11) is -3.50. The molecule has 0 unspecified atom stereocenters. The number of rotatable bonds is 6. The van der Waals surface area contributed by atoms with Crippen molar-refractivity contribution in [3.8, 4) is 0 Å². The molecule has 1 rings (SSSR count). The van der Waals surface area contributed by atoms with Gasteiger partial charge >= 0.3 is 0 Å². The smallest absolute Gasteiger partial charge is 0.277 e. The Hall–Kier alpha value is -1.64. The minimum absolute atomic E-state index is 0.00797. The van der Waals surface area contributed by atoms with Gasteiger partial charge in [0, 0.05) is 18.2 Å². The highest BCUT2D eigenvalue weighted by Gasteiger charge is 2.10. The molecule has 0 amide bonds. The topological polar surface area (TPSA) is 117 Å². The van der Waals surface area contributed by atoms with Crippen LogP contribution in [0.1, 0.15) is 25.0 Å². The molecule has 0 aliphatic heterocycles. The van der Waals surface area contributed by atoms with Gasteiger partial charge < -0.3 is 10.9 Å². The van der Waals surface area contributed by atoms with Gasteiger partial charge in [-0.1, -0.05) is 29.4 Å². The van der Waals surface area contributed by atoms with Crippen LogP contribution in [0.25, 0.3) is 0 Å². The van der Waals surface area contributed by atoms with Crippen LogP contribution in [0.2, 0.25) is 0 Å². The van der Waals surface area contributed by atoms with Crippen LogP contribution in [0.3, 0.4) is 0 Å². The third kappa shape index (κ3) is 5.25. The quantitative estimate of drug-likeness (QED) is 0.257. The molecule has 0 heterocycles. The van der Waals surface area contributed by atoms with E-state index in [4.69, 9.17) is 10.9 Å². The Balaban J connectivity index is 2.65. The molecule has 0 aliphatic rings. The van der Waals surface area contributed by atoms with E-state index in [2.05, 4.69) is 14.6 Å². The number of nitrogens with two attached hydrogens (primary N) is 1. The highest BCUT2D eigenvalue weighted by molar-refractivity contribution is 7.87. The van der Waals surface area contributed by atoms with Gasteiger partial charge in [0.15, 0.2) is 5.84 Å². The summed E-state index contributed by atoms with van der Waals surface area (Å²) in [5.74, 6) is 0.00797. The molecule has 19 heavy (non-hydrogen) atoms. The fraction of sp³-hybridized carbons (Fsp3) is 0.364. The predicted molar refractivity (Wildman–Crippen MR) is 73.0 cm³/mol. The Bertz CT molecular complexity index is 538. The van der Waals surface area contributed by atoms with E-state index in [0.717, 1.165) is 5.56 Å². The zero-order chi connectivity index (χ0) is 14.5. The third-order valence-electron chi connectivity index (χ3n) is 2.21. The fourth-order valence-corrected chi connectivity index (χ4v) is 2.44. The average molecular weight is 286 g/mol. The van der Waals surface area contributed by atoms with E-state index >= 15 is 0 Å². The van der Waals surface area contributed by atoms with Crippen molar-refractivity contribution in [1.82, 2.24) is 9.44 Å². The molecule has 5 N–H and O–H groups in total. The summed E-state index contributed by atoms with van der Waals surface area (Å²) in [4.78, 5) is 0. The van der Waals surface area contributed by atoms with Gasteiger partial charge in [-0.05, 0) is 19.4 Å². The Labute approximate surface area is 112 Å². The highest BCUT2D eigenvalue weighted by atomic mass is 32.2. The molecule has 1 aromatic carbocycles. The first-order valence-electron chi connectivity index (χ1n) is 5.68. The normalized spacial score (nSPS) is 12.9. The van der Waals surface area contributed by atoms with Crippen LogP contribution in [-0.4, -0.2) is 25.5 Å². The molecule has 1 aromatic rings. The molecule has 106 valence electrons. The first-order chi connectivity index (χ1) is 8.84. The lowest BCUT2D eigenvalue weighted by atomic mass is 10.1. The van der Waals surface area contributed by atoms with Crippen LogP contribution < -0.4 is 15.2 Å². The third-order valence-corrected chi connectivity index (χ3v) is 3.52. The summed E-state index contributed by atoms with van der Waals surface area (Å²) in [5, 5.41) is 11.4. The van der Waals surface area contributed by atoms with Crippen molar-refractivity contribution >= 4 is 16.0 Å². The SMILES string of the molecule is CC(C)NS(=O)(=O)NCc1ccc(/C(N)=N/O)cc1. The van der Waals surface area contributed by atoms with E-state index in [1.807, 2.05) is 0 Å². The Morgan fingerprint density at radius 3 is 2.42 bits per heavy atom. The number of nitrogens with zero attached hydrogens (tertiary/aromatic N) is 1. The summed E-state index contributed by atoms with van der Waals surface area (Å²) in [6.45, 7) is 3.65. The van der Waals surface area contributed by atoms with Crippen LogP contribution in [0.5, 0.6) is 0 Å². The van der Waals surface area contributed by atoms with Crippen LogP contribution in [-0.2, 0) is 16.8 Å². The van der Waals surface area contributed by atoms with Crippen molar-refractivity contribution in [2.75, 3.05) is 0 Å². The lowest BCUT2D eigenvalue weighted by Gasteiger charge is -2.10. The molecular formula is C11H18N4O3S. The van der Waals surface area contributed by atoms with Crippen LogP contribution in [0.4, 0.5) is 0 Å². The van der Waals surface area contributed by atoms with Gasteiger partial charge in [-0.15, -0.1) is 0 Å². The van der Waals surface area contributed by atoms with Crippen LogP contribution >= 0.6 is 0 Å². The molecule has 0 fully saturated rings. The predicted octanol–water partition coefficient (Wildman–Crippen LogP) is 0.114. The molecule has 0 aliphatic carbocycles. The summed E-state index contributed by atoms with van der Waals surface area (Å²) < 4.78 is 27.9. The maximum Gasteiger partial charge on any atom is 0.277 e. The first kappa shape index (κ1) is 15.4. The van der Waals surface area contributed by atoms with Crippen molar-refractivity contribution in [3.05, 3.63) is 35.4 Å². The maximum absolute atomic E-state index is 11.5. The fourth-order valence-electron chi connectivity index (χ4n) is 1.38. The van der Waals surface area contributed by atoms with Crippen molar-refractivity contribution in [2.24, 2.45) is 10.9 Å². The second kappa shape index (κ2) is 6.50. The Kier molecular flexibility index (Phi) is 5.28. The summed E-state index contributed by atoms with van der Waals surface area (Å²) in [6, 6.07) is 6.53. The zero-order valence-corrected chi connectivity index (χ0v) is 11.6. The van der Waals surface area contributed by atoms with E-state index in [-0.39, 0.29) is 18.4 Å². The van der Waals surface area contributed by atoms with E-state index in [1.54, 1.807) is 38.1 Å². The van der Waals surface area contributed by atoms with Crippen LogP contribution in [0.15, 0.2) is 29.4 Å². The van der Waals surface area contributed by atoms with Crippen LogP contribution in [0, 0.1) is 0 Å². The summed E-state index contributed by atoms with van der Waals surface area (Å²) in [6.07, 6.45) is 0. The zero-order valence-electron chi connectivity index (χ0n) is 10.8. The molecule has 0 spiro atoms. The van der Waals surface area contributed by atoms with Gasteiger partial charge in [-0.25, -0.2) is 0 Å². The Morgan fingerprint density at radius 1 is 1.37 bits per heavy atom. The van der Waals surface area contributed by atoms with Gasteiger partial charge in [-0.2, -0.15) is 17.9 Å². The number of hydrogen-bond donors (Lipinski definition) is 4. The van der Waals surface area contributed by atoms with E-state index in [0.29, 0.717) is 5.56 Å².